The van der Waals surface area contributed by atoms with Gasteiger partial charge in [-0.05, 0) is 32.9 Å². The molecule has 1 rings (SSSR count). The molecule has 0 unspecified atom stereocenters. The number of ether oxygens (including phenoxy) is 2. The lowest BCUT2D eigenvalue weighted by atomic mass is 10.2. The average molecular weight is 333 g/mol. The van der Waals surface area contributed by atoms with Crippen LogP contribution in [-0.2, 0) is 9.47 Å². The summed E-state index contributed by atoms with van der Waals surface area (Å²) in [5.74, 6) is -0.832. The number of hydrogen-bond acceptors (Lipinski definition) is 4. The fraction of sp³-hybridized carbons (Fsp3) is 0.467. The number of carbonyl (C=O) groups is 2. The first-order valence-electron chi connectivity index (χ1n) is 6.75. The standard InChI is InChI=1S/C15H18F3NO4/c1-14(2,3)23-13(21)19(9-15(16,17)18)10-22-12(20)11-7-5-4-6-8-11/h4-8H,9-10H2,1-3H3. The molecule has 0 spiro atoms. The molecular weight excluding hydrogens is 315 g/mol. The maximum absolute atomic E-state index is 12.6. The fourth-order valence-corrected chi connectivity index (χ4v) is 1.50. The van der Waals surface area contributed by atoms with Crippen molar-refractivity contribution in [3.8, 4) is 0 Å². The van der Waals surface area contributed by atoms with Crippen LogP contribution in [0, 0.1) is 0 Å². The van der Waals surface area contributed by atoms with E-state index >= 15 is 0 Å². The Kier molecular flexibility index (Phi) is 6.00. The molecule has 0 saturated carbocycles. The number of nitrogens with zero attached hydrogens (tertiary/aromatic N) is 1. The van der Waals surface area contributed by atoms with E-state index in [0.29, 0.717) is 0 Å². The molecule has 0 aliphatic heterocycles. The predicted molar refractivity (Wildman–Crippen MR) is 75.7 cm³/mol. The zero-order valence-electron chi connectivity index (χ0n) is 13.0. The molecule has 0 radical (unpaired) electrons. The van der Waals surface area contributed by atoms with Gasteiger partial charge < -0.3 is 9.47 Å². The lowest BCUT2D eigenvalue weighted by Crippen LogP contribution is -2.43. The highest BCUT2D eigenvalue weighted by Gasteiger charge is 2.35. The molecule has 0 atom stereocenters. The highest BCUT2D eigenvalue weighted by molar-refractivity contribution is 5.89. The Bertz CT molecular complexity index is 538. The van der Waals surface area contributed by atoms with Crippen molar-refractivity contribution >= 4 is 12.1 Å². The summed E-state index contributed by atoms with van der Waals surface area (Å²) in [6.45, 7) is 2.12. The van der Waals surface area contributed by atoms with Crippen molar-refractivity contribution in [1.82, 2.24) is 4.90 Å². The first kappa shape index (κ1) is 18.8. The zero-order valence-corrected chi connectivity index (χ0v) is 13.0. The molecule has 5 nitrogen and oxygen atoms in total. The Morgan fingerprint density at radius 1 is 1.09 bits per heavy atom. The van der Waals surface area contributed by atoms with E-state index in [2.05, 4.69) is 0 Å². The molecule has 0 aliphatic rings. The number of amides is 1. The van der Waals surface area contributed by atoms with Gasteiger partial charge in [0.05, 0.1) is 5.56 Å². The minimum Gasteiger partial charge on any atom is -0.444 e. The summed E-state index contributed by atoms with van der Waals surface area (Å²) in [4.78, 5) is 23.8. The number of esters is 1. The van der Waals surface area contributed by atoms with Crippen LogP contribution < -0.4 is 0 Å². The van der Waals surface area contributed by atoms with Gasteiger partial charge in [-0.2, -0.15) is 13.2 Å². The topological polar surface area (TPSA) is 55.8 Å². The van der Waals surface area contributed by atoms with Gasteiger partial charge in [-0.3, -0.25) is 4.90 Å². The molecule has 128 valence electrons. The summed E-state index contributed by atoms with van der Waals surface area (Å²) in [5, 5.41) is 0. The summed E-state index contributed by atoms with van der Waals surface area (Å²) >= 11 is 0. The van der Waals surface area contributed by atoms with Crippen molar-refractivity contribution < 1.29 is 32.2 Å². The molecule has 8 heteroatoms. The van der Waals surface area contributed by atoms with Crippen LogP contribution in [0.3, 0.4) is 0 Å². The second-order valence-electron chi connectivity index (χ2n) is 5.72. The van der Waals surface area contributed by atoms with Crippen LogP contribution in [0.5, 0.6) is 0 Å². The quantitative estimate of drug-likeness (QED) is 0.624. The van der Waals surface area contributed by atoms with Crippen LogP contribution in [0.2, 0.25) is 0 Å². The molecule has 1 amide bonds. The third kappa shape index (κ3) is 7.53. The molecule has 1 aromatic carbocycles. The molecule has 0 fully saturated rings. The highest BCUT2D eigenvalue weighted by atomic mass is 19.4. The first-order valence-corrected chi connectivity index (χ1v) is 6.75. The number of carbonyl (C=O) groups excluding carboxylic acids is 2. The minimum atomic E-state index is -4.64. The molecule has 0 aromatic heterocycles. The van der Waals surface area contributed by atoms with Crippen LogP contribution in [0.25, 0.3) is 0 Å². The molecule has 0 heterocycles. The minimum absolute atomic E-state index is 0.170. The van der Waals surface area contributed by atoms with Gasteiger partial charge in [-0.1, -0.05) is 18.2 Å². The van der Waals surface area contributed by atoms with Crippen molar-refractivity contribution in [2.45, 2.75) is 32.5 Å². The number of halogens is 3. The van der Waals surface area contributed by atoms with Gasteiger partial charge in [0.25, 0.3) is 0 Å². The Labute approximate surface area is 132 Å². The Morgan fingerprint density at radius 2 is 1.65 bits per heavy atom. The summed E-state index contributed by atoms with van der Waals surface area (Å²) < 4.78 is 47.3. The fourth-order valence-electron chi connectivity index (χ4n) is 1.50. The van der Waals surface area contributed by atoms with Crippen LogP contribution >= 0.6 is 0 Å². The third-order valence-electron chi connectivity index (χ3n) is 2.38. The van der Waals surface area contributed by atoms with E-state index in [0.717, 1.165) is 0 Å². The van der Waals surface area contributed by atoms with Crippen molar-refractivity contribution in [3.63, 3.8) is 0 Å². The van der Waals surface area contributed by atoms with Crippen LogP contribution in [0.1, 0.15) is 31.1 Å². The number of hydrogen-bond donors (Lipinski definition) is 0. The molecular formula is C15H18F3NO4. The van der Waals surface area contributed by atoms with Crippen LogP contribution in [0.15, 0.2) is 30.3 Å². The predicted octanol–water partition coefficient (Wildman–Crippen LogP) is 3.60. The molecule has 1 aromatic rings. The maximum atomic E-state index is 12.6. The highest BCUT2D eigenvalue weighted by Crippen LogP contribution is 2.19. The molecule has 0 N–H and O–H groups in total. The van der Waals surface area contributed by atoms with Crippen molar-refractivity contribution in [2.75, 3.05) is 13.3 Å². The molecule has 23 heavy (non-hydrogen) atoms. The van der Waals surface area contributed by atoms with Crippen molar-refractivity contribution in [3.05, 3.63) is 35.9 Å². The SMILES string of the molecule is CC(C)(C)OC(=O)N(COC(=O)c1ccccc1)CC(F)(F)F. The third-order valence-corrected chi connectivity index (χ3v) is 2.38. The number of rotatable bonds is 4. The second kappa shape index (κ2) is 7.34. The summed E-state index contributed by atoms with van der Waals surface area (Å²) in [6.07, 6.45) is -5.86. The molecule has 0 bridgehead atoms. The van der Waals surface area contributed by atoms with Gasteiger partial charge in [0.15, 0.2) is 6.73 Å². The number of alkyl halides is 3. The van der Waals surface area contributed by atoms with Crippen molar-refractivity contribution in [1.29, 1.82) is 0 Å². The zero-order chi connectivity index (χ0) is 17.7. The van der Waals surface area contributed by atoms with Gasteiger partial charge in [-0.15, -0.1) is 0 Å². The van der Waals surface area contributed by atoms with Crippen LogP contribution in [-0.4, -0.2) is 42.0 Å². The molecule has 0 saturated heterocycles. The Morgan fingerprint density at radius 3 is 2.13 bits per heavy atom. The normalized spacial score (nSPS) is 11.7. The summed E-state index contributed by atoms with van der Waals surface area (Å²) in [5.41, 5.74) is -0.798. The van der Waals surface area contributed by atoms with E-state index in [1.807, 2.05) is 0 Å². The second-order valence-corrected chi connectivity index (χ2v) is 5.72. The van der Waals surface area contributed by atoms with E-state index in [9.17, 15) is 22.8 Å². The van der Waals surface area contributed by atoms with E-state index < -0.39 is 37.1 Å². The van der Waals surface area contributed by atoms with E-state index in [1.165, 1.54) is 32.9 Å². The Hall–Kier alpha value is -2.25. The van der Waals surface area contributed by atoms with Gasteiger partial charge in [0.2, 0.25) is 0 Å². The van der Waals surface area contributed by atoms with Crippen molar-refractivity contribution in [2.24, 2.45) is 0 Å². The smallest absolute Gasteiger partial charge is 0.413 e. The summed E-state index contributed by atoms with van der Waals surface area (Å²) in [7, 11) is 0. The van der Waals surface area contributed by atoms with Gasteiger partial charge in [0.1, 0.15) is 12.1 Å². The van der Waals surface area contributed by atoms with Gasteiger partial charge in [-0.25, -0.2) is 9.59 Å². The maximum Gasteiger partial charge on any atom is 0.413 e. The van der Waals surface area contributed by atoms with Gasteiger partial charge in [0, 0.05) is 0 Å². The lowest BCUT2D eigenvalue weighted by Gasteiger charge is -2.27. The monoisotopic (exact) mass is 333 g/mol. The van der Waals surface area contributed by atoms with E-state index in [4.69, 9.17) is 9.47 Å². The largest absolute Gasteiger partial charge is 0.444 e. The van der Waals surface area contributed by atoms with E-state index in [-0.39, 0.29) is 10.5 Å². The first-order chi connectivity index (χ1) is 10.5. The summed E-state index contributed by atoms with van der Waals surface area (Å²) in [6, 6.07) is 7.73. The number of benzene rings is 1. The van der Waals surface area contributed by atoms with Crippen LogP contribution in [0.4, 0.5) is 18.0 Å². The van der Waals surface area contributed by atoms with E-state index in [1.54, 1.807) is 18.2 Å². The lowest BCUT2D eigenvalue weighted by molar-refractivity contribution is -0.151. The molecule has 0 aliphatic carbocycles. The average Bonchev–Trinajstić information content (AvgIpc) is 2.41. The Balaban J connectivity index is 2.73. The van der Waals surface area contributed by atoms with Gasteiger partial charge >= 0.3 is 18.2 Å².